The monoisotopic (exact) mass is 289 g/mol. The van der Waals surface area contributed by atoms with E-state index in [-0.39, 0.29) is 0 Å². The summed E-state index contributed by atoms with van der Waals surface area (Å²) in [5, 5.41) is 0. The van der Waals surface area contributed by atoms with Gasteiger partial charge in [0.15, 0.2) is 0 Å². The van der Waals surface area contributed by atoms with Crippen LogP contribution in [-0.2, 0) is 0 Å². The molecule has 0 saturated heterocycles. The fraction of sp³-hybridized carbons (Fsp3) is 0.600. The van der Waals surface area contributed by atoms with Crippen LogP contribution in [0, 0.1) is 0 Å². The van der Waals surface area contributed by atoms with E-state index in [1.807, 2.05) is 0 Å². The Balaban J connectivity index is 3.29. The van der Waals surface area contributed by atoms with Crippen molar-refractivity contribution in [2.75, 3.05) is 6.54 Å². The van der Waals surface area contributed by atoms with Crippen LogP contribution in [0.1, 0.15) is 71.1 Å². The van der Waals surface area contributed by atoms with Gasteiger partial charge in [-0.3, -0.25) is 0 Å². The lowest BCUT2D eigenvalue weighted by molar-refractivity contribution is 0.850. The summed E-state index contributed by atoms with van der Waals surface area (Å²) in [5.41, 5.74) is 5.44. The van der Waals surface area contributed by atoms with Gasteiger partial charge in [0.25, 0.3) is 0 Å². The zero-order valence-electron chi connectivity index (χ0n) is 14.0. The SMILES string of the molecule is CCCC=CCCC=CCCC=CCCC=CCCCN. The van der Waals surface area contributed by atoms with Gasteiger partial charge >= 0.3 is 0 Å². The van der Waals surface area contributed by atoms with Gasteiger partial charge in [-0.25, -0.2) is 0 Å². The van der Waals surface area contributed by atoms with E-state index < -0.39 is 0 Å². The zero-order valence-corrected chi connectivity index (χ0v) is 14.0. The van der Waals surface area contributed by atoms with Gasteiger partial charge in [-0.2, -0.15) is 0 Å². The third-order valence-electron chi connectivity index (χ3n) is 3.20. The summed E-state index contributed by atoms with van der Waals surface area (Å²) in [6.07, 6.45) is 30.0. The molecule has 0 aromatic rings. The second-order valence-electron chi connectivity index (χ2n) is 5.34. The second-order valence-corrected chi connectivity index (χ2v) is 5.34. The van der Waals surface area contributed by atoms with Crippen molar-refractivity contribution >= 4 is 0 Å². The topological polar surface area (TPSA) is 26.0 Å². The first-order chi connectivity index (χ1) is 10.4. The largest absolute Gasteiger partial charge is 0.330 e. The van der Waals surface area contributed by atoms with E-state index in [1.165, 1.54) is 38.5 Å². The Bertz CT molecular complexity index is 297. The van der Waals surface area contributed by atoms with Gasteiger partial charge in [-0.15, -0.1) is 0 Å². The summed E-state index contributed by atoms with van der Waals surface area (Å²) in [7, 11) is 0. The minimum Gasteiger partial charge on any atom is -0.330 e. The van der Waals surface area contributed by atoms with Gasteiger partial charge in [0.05, 0.1) is 0 Å². The summed E-state index contributed by atoms with van der Waals surface area (Å²) >= 11 is 0. The molecular formula is C20H35N. The van der Waals surface area contributed by atoms with Crippen LogP contribution in [0.2, 0.25) is 0 Å². The average molecular weight is 290 g/mol. The molecule has 0 spiro atoms. The number of unbranched alkanes of at least 4 members (excludes halogenated alkanes) is 5. The van der Waals surface area contributed by atoms with Gasteiger partial charge in [0.2, 0.25) is 0 Å². The standard InChI is InChI=1S/C20H35N/c1-2-3-4-5-6-7-8-9-10-11-12-13-14-15-16-17-18-19-20-21/h4-5,8-9,12-13,16-17H,2-3,6-7,10-11,14-15,18-21H2,1H3. The summed E-state index contributed by atoms with van der Waals surface area (Å²) in [5.74, 6) is 0. The molecule has 0 aromatic heterocycles. The Labute approximate surface area is 132 Å². The predicted molar refractivity (Wildman–Crippen MR) is 97.5 cm³/mol. The molecule has 21 heavy (non-hydrogen) atoms. The average Bonchev–Trinajstić information content (AvgIpc) is 2.50. The van der Waals surface area contributed by atoms with Gasteiger partial charge in [0.1, 0.15) is 0 Å². The molecule has 0 saturated carbocycles. The van der Waals surface area contributed by atoms with Crippen LogP contribution in [0.3, 0.4) is 0 Å². The molecule has 0 aromatic carbocycles. The zero-order chi connectivity index (χ0) is 15.4. The van der Waals surface area contributed by atoms with Gasteiger partial charge in [-0.1, -0.05) is 62.0 Å². The molecule has 0 aliphatic heterocycles. The first kappa shape index (κ1) is 19.9. The maximum atomic E-state index is 5.44. The number of rotatable bonds is 14. The van der Waals surface area contributed by atoms with E-state index in [2.05, 4.69) is 55.5 Å². The van der Waals surface area contributed by atoms with E-state index in [0.29, 0.717) is 0 Å². The summed E-state index contributed by atoms with van der Waals surface area (Å²) < 4.78 is 0. The normalized spacial score (nSPS) is 12.7. The van der Waals surface area contributed by atoms with Crippen LogP contribution in [0.25, 0.3) is 0 Å². The van der Waals surface area contributed by atoms with E-state index >= 15 is 0 Å². The molecule has 2 N–H and O–H groups in total. The van der Waals surface area contributed by atoms with Gasteiger partial charge in [0, 0.05) is 0 Å². The highest BCUT2D eigenvalue weighted by molar-refractivity contribution is 4.92. The molecule has 0 heterocycles. The maximum absolute atomic E-state index is 5.44. The van der Waals surface area contributed by atoms with Gasteiger partial charge < -0.3 is 5.73 Å². The highest BCUT2D eigenvalue weighted by Gasteiger charge is 1.81. The number of hydrogen-bond donors (Lipinski definition) is 1. The van der Waals surface area contributed by atoms with Crippen LogP contribution >= 0.6 is 0 Å². The molecule has 0 bridgehead atoms. The molecular weight excluding hydrogens is 254 g/mol. The summed E-state index contributed by atoms with van der Waals surface area (Å²) in [6.45, 7) is 3.02. The Hall–Kier alpha value is -1.08. The van der Waals surface area contributed by atoms with Crippen molar-refractivity contribution in [1.82, 2.24) is 0 Å². The molecule has 0 rings (SSSR count). The van der Waals surface area contributed by atoms with Crippen molar-refractivity contribution in [3.63, 3.8) is 0 Å². The smallest absolute Gasteiger partial charge is 0.00743 e. The molecule has 0 aliphatic carbocycles. The maximum Gasteiger partial charge on any atom is -0.00743 e. The Morgan fingerprint density at radius 3 is 1.19 bits per heavy atom. The lowest BCUT2D eigenvalue weighted by atomic mass is 10.2. The quantitative estimate of drug-likeness (QED) is 0.304. The molecule has 0 unspecified atom stereocenters. The first-order valence-corrected chi connectivity index (χ1v) is 8.71. The van der Waals surface area contributed by atoms with Crippen LogP contribution < -0.4 is 5.73 Å². The van der Waals surface area contributed by atoms with Gasteiger partial charge in [-0.05, 0) is 64.3 Å². The van der Waals surface area contributed by atoms with Crippen LogP contribution in [0.4, 0.5) is 0 Å². The van der Waals surface area contributed by atoms with Crippen LogP contribution in [0.5, 0.6) is 0 Å². The predicted octanol–water partition coefficient (Wildman–Crippen LogP) is 6.09. The van der Waals surface area contributed by atoms with E-state index in [1.54, 1.807) is 0 Å². The Kier molecular flexibility index (Phi) is 17.9. The third-order valence-corrected chi connectivity index (χ3v) is 3.20. The van der Waals surface area contributed by atoms with Crippen molar-refractivity contribution in [3.8, 4) is 0 Å². The first-order valence-electron chi connectivity index (χ1n) is 8.71. The number of allylic oxidation sites excluding steroid dienone is 8. The van der Waals surface area contributed by atoms with Crippen molar-refractivity contribution in [2.24, 2.45) is 5.73 Å². The van der Waals surface area contributed by atoms with E-state index in [9.17, 15) is 0 Å². The second kappa shape index (κ2) is 18.9. The molecule has 1 nitrogen and oxygen atoms in total. The molecule has 0 atom stereocenters. The van der Waals surface area contributed by atoms with Crippen molar-refractivity contribution in [2.45, 2.75) is 71.1 Å². The summed E-state index contributed by atoms with van der Waals surface area (Å²) in [4.78, 5) is 0. The van der Waals surface area contributed by atoms with Crippen molar-refractivity contribution in [1.29, 1.82) is 0 Å². The van der Waals surface area contributed by atoms with Crippen molar-refractivity contribution in [3.05, 3.63) is 48.6 Å². The molecule has 0 amide bonds. The molecule has 1 heteroatoms. The number of hydrogen-bond acceptors (Lipinski definition) is 1. The van der Waals surface area contributed by atoms with Crippen LogP contribution in [0.15, 0.2) is 48.6 Å². The lowest BCUT2D eigenvalue weighted by Crippen LogP contribution is -1.96. The molecule has 120 valence electrons. The Morgan fingerprint density at radius 2 is 0.857 bits per heavy atom. The highest BCUT2D eigenvalue weighted by atomic mass is 14.5. The lowest BCUT2D eigenvalue weighted by Gasteiger charge is -1.91. The van der Waals surface area contributed by atoms with E-state index in [4.69, 9.17) is 5.73 Å². The minimum absolute atomic E-state index is 0.798. The number of nitrogens with two attached hydrogens (primary N) is 1. The molecule has 0 aliphatic rings. The third kappa shape index (κ3) is 18.9. The van der Waals surface area contributed by atoms with Crippen LogP contribution in [-0.4, -0.2) is 6.54 Å². The fourth-order valence-electron chi connectivity index (χ4n) is 1.92. The summed E-state index contributed by atoms with van der Waals surface area (Å²) in [6, 6.07) is 0. The van der Waals surface area contributed by atoms with Crippen molar-refractivity contribution < 1.29 is 0 Å². The Morgan fingerprint density at radius 1 is 0.524 bits per heavy atom. The molecule has 0 radical (unpaired) electrons. The fourth-order valence-corrected chi connectivity index (χ4v) is 1.92. The minimum atomic E-state index is 0.798. The highest BCUT2D eigenvalue weighted by Crippen LogP contribution is 2.01. The molecule has 0 fully saturated rings. The van der Waals surface area contributed by atoms with E-state index in [0.717, 1.165) is 32.2 Å².